The minimum Gasteiger partial charge on any atom is -0.337 e. The van der Waals surface area contributed by atoms with Crippen molar-refractivity contribution in [1.82, 2.24) is 14.7 Å². The third-order valence-corrected chi connectivity index (χ3v) is 4.62. The number of nitrogens with one attached hydrogen (secondary N) is 1. The molecule has 0 spiro atoms. The molecule has 0 fully saturated rings. The summed E-state index contributed by atoms with van der Waals surface area (Å²) in [5.74, 6) is 0.0590. The molecule has 1 aliphatic rings. The highest BCUT2D eigenvalue weighted by Crippen LogP contribution is 2.17. The monoisotopic (exact) mass is 333 g/mol. The van der Waals surface area contributed by atoms with Crippen LogP contribution in [0.25, 0.3) is 5.69 Å². The van der Waals surface area contributed by atoms with Crippen molar-refractivity contribution in [3.8, 4) is 5.69 Å². The van der Waals surface area contributed by atoms with Crippen molar-refractivity contribution < 1.29 is 4.79 Å². The average Bonchev–Trinajstić information content (AvgIpc) is 2.99. The molecule has 2 aromatic carbocycles. The molecule has 25 heavy (non-hydrogen) atoms. The molecule has 0 radical (unpaired) electrons. The Morgan fingerprint density at radius 2 is 1.68 bits per heavy atom. The van der Waals surface area contributed by atoms with Crippen LogP contribution >= 0.6 is 0 Å². The van der Waals surface area contributed by atoms with Crippen LogP contribution in [-0.4, -0.2) is 27.1 Å². The summed E-state index contributed by atoms with van der Waals surface area (Å²) in [4.78, 5) is 27.1. The minimum absolute atomic E-state index is 0.0590. The summed E-state index contributed by atoms with van der Waals surface area (Å²) in [7, 11) is 0. The Morgan fingerprint density at radius 1 is 1.00 bits per heavy atom. The lowest BCUT2D eigenvalue weighted by molar-refractivity contribution is -0.131. The van der Waals surface area contributed by atoms with Crippen molar-refractivity contribution in [3.63, 3.8) is 0 Å². The van der Waals surface area contributed by atoms with Gasteiger partial charge < -0.3 is 4.90 Å². The number of carbonyl (C=O) groups is 1. The zero-order valence-electron chi connectivity index (χ0n) is 13.8. The van der Waals surface area contributed by atoms with E-state index >= 15 is 0 Å². The fraction of sp³-hybridized carbons (Fsp3) is 0.200. The lowest BCUT2D eigenvalue weighted by Gasteiger charge is -2.26. The van der Waals surface area contributed by atoms with E-state index in [9.17, 15) is 9.59 Å². The summed E-state index contributed by atoms with van der Waals surface area (Å²) >= 11 is 0. The maximum absolute atomic E-state index is 12.7. The molecule has 1 N–H and O–H groups in total. The van der Waals surface area contributed by atoms with Crippen LogP contribution in [0.4, 0.5) is 0 Å². The molecular formula is C20H19N3O2. The molecule has 0 unspecified atom stereocenters. The number of para-hydroxylation sites is 1. The summed E-state index contributed by atoms with van der Waals surface area (Å²) in [5.41, 5.74) is 3.35. The number of carbonyl (C=O) groups excluding carboxylic acids is 1. The van der Waals surface area contributed by atoms with Gasteiger partial charge in [0.1, 0.15) is 0 Å². The summed E-state index contributed by atoms with van der Waals surface area (Å²) in [6.07, 6.45) is 1.04. The van der Waals surface area contributed by atoms with Crippen LogP contribution in [0.2, 0.25) is 0 Å². The molecule has 126 valence electrons. The van der Waals surface area contributed by atoms with Crippen LogP contribution in [-0.2, 0) is 24.2 Å². The molecule has 1 aliphatic heterocycles. The van der Waals surface area contributed by atoms with Crippen LogP contribution < -0.4 is 5.56 Å². The first-order valence-electron chi connectivity index (χ1n) is 8.42. The molecule has 0 saturated heterocycles. The molecule has 5 nitrogen and oxygen atoms in total. The Hall–Kier alpha value is -3.08. The summed E-state index contributed by atoms with van der Waals surface area (Å²) < 4.78 is 1.57. The van der Waals surface area contributed by atoms with Gasteiger partial charge in [0.15, 0.2) is 0 Å². The van der Waals surface area contributed by atoms with Gasteiger partial charge in [0.2, 0.25) is 5.91 Å². The van der Waals surface area contributed by atoms with Crippen LogP contribution in [0.5, 0.6) is 0 Å². The maximum atomic E-state index is 12.7. The van der Waals surface area contributed by atoms with E-state index in [0.29, 0.717) is 31.5 Å². The lowest BCUT2D eigenvalue weighted by atomic mass is 10.1. The summed E-state index contributed by atoms with van der Waals surface area (Å²) in [5, 5.41) is 3.19. The Bertz CT molecular complexity index is 942. The van der Waals surface area contributed by atoms with Gasteiger partial charge in [-0.3, -0.25) is 14.7 Å². The normalized spacial score (nSPS) is 13.5. The fourth-order valence-corrected chi connectivity index (χ4v) is 3.26. The van der Waals surface area contributed by atoms with Crippen molar-refractivity contribution in [2.24, 2.45) is 0 Å². The number of fused-ring (bicyclic) bond motifs is 1. The third-order valence-electron chi connectivity index (χ3n) is 4.62. The number of hydrogen-bond donors (Lipinski definition) is 1. The van der Waals surface area contributed by atoms with Gasteiger partial charge in [-0.25, -0.2) is 4.68 Å². The van der Waals surface area contributed by atoms with Gasteiger partial charge in [-0.2, -0.15) is 0 Å². The highest BCUT2D eigenvalue weighted by Gasteiger charge is 2.25. The highest BCUT2D eigenvalue weighted by atomic mass is 16.2. The Morgan fingerprint density at radius 3 is 2.40 bits per heavy atom. The van der Waals surface area contributed by atoms with E-state index in [1.54, 1.807) is 9.58 Å². The Balaban J connectivity index is 1.56. The number of aromatic amines is 1. The zero-order chi connectivity index (χ0) is 17.2. The molecule has 0 bridgehead atoms. The number of benzene rings is 2. The molecule has 1 aromatic heterocycles. The molecule has 4 rings (SSSR count). The van der Waals surface area contributed by atoms with E-state index in [2.05, 4.69) is 5.10 Å². The molecule has 0 aliphatic carbocycles. The van der Waals surface area contributed by atoms with Crippen molar-refractivity contribution in [2.75, 3.05) is 6.54 Å². The van der Waals surface area contributed by atoms with Gasteiger partial charge in [-0.1, -0.05) is 48.5 Å². The standard InChI is InChI=1S/C20H19N3O2/c24-19(13-15-7-3-1-4-8-15)22-12-11-18-17(14-22)20(25)23(21-18)16-9-5-2-6-10-16/h1-10,21H,11-14H2. The fourth-order valence-electron chi connectivity index (χ4n) is 3.26. The number of aromatic nitrogens is 2. The Kier molecular flexibility index (Phi) is 3.98. The number of rotatable bonds is 3. The van der Waals surface area contributed by atoms with Gasteiger partial charge in [0.25, 0.3) is 5.56 Å². The Labute approximate surface area is 145 Å². The SMILES string of the molecule is O=C(Cc1ccccc1)N1CCc2[nH]n(-c3ccccc3)c(=O)c2C1. The van der Waals surface area contributed by atoms with E-state index in [1.807, 2.05) is 60.7 Å². The minimum atomic E-state index is -0.0709. The molecular weight excluding hydrogens is 314 g/mol. The number of amides is 1. The second-order valence-corrected chi connectivity index (χ2v) is 6.27. The molecule has 1 amide bonds. The lowest BCUT2D eigenvalue weighted by Crippen LogP contribution is -2.38. The summed E-state index contributed by atoms with van der Waals surface area (Å²) in [6, 6.07) is 19.2. The number of hydrogen-bond acceptors (Lipinski definition) is 2. The molecule has 3 aromatic rings. The van der Waals surface area contributed by atoms with E-state index in [1.165, 1.54) is 0 Å². The average molecular weight is 333 g/mol. The predicted molar refractivity (Wildman–Crippen MR) is 95.7 cm³/mol. The zero-order valence-corrected chi connectivity index (χ0v) is 13.8. The second kappa shape index (κ2) is 6.43. The van der Waals surface area contributed by atoms with Crippen LogP contribution in [0.15, 0.2) is 65.5 Å². The van der Waals surface area contributed by atoms with Gasteiger partial charge in [0, 0.05) is 18.7 Å². The topological polar surface area (TPSA) is 58.1 Å². The van der Waals surface area contributed by atoms with Crippen molar-refractivity contribution in [1.29, 1.82) is 0 Å². The van der Waals surface area contributed by atoms with E-state index in [4.69, 9.17) is 0 Å². The summed E-state index contributed by atoms with van der Waals surface area (Å²) in [6.45, 7) is 1.00. The first-order chi connectivity index (χ1) is 12.2. The predicted octanol–water partition coefficient (Wildman–Crippen LogP) is 2.29. The molecule has 0 saturated carbocycles. The quantitative estimate of drug-likeness (QED) is 0.799. The van der Waals surface area contributed by atoms with E-state index < -0.39 is 0 Å². The smallest absolute Gasteiger partial charge is 0.276 e. The van der Waals surface area contributed by atoms with Gasteiger partial charge >= 0.3 is 0 Å². The molecule has 0 atom stereocenters. The van der Waals surface area contributed by atoms with E-state index in [-0.39, 0.29) is 11.5 Å². The first kappa shape index (κ1) is 15.4. The second-order valence-electron chi connectivity index (χ2n) is 6.27. The molecule has 2 heterocycles. The largest absolute Gasteiger partial charge is 0.337 e. The van der Waals surface area contributed by atoms with Crippen LogP contribution in [0.3, 0.4) is 0 Å². The first-order valence-corrected chi connectivity index (χ1v) is 8.42. The van der Waals surface area contributed by atoms with Crippen LogP contribution in [0.1, 0.15) is 16.8 Å². The van der Waals surface area contributed by atoms with Crippen molar-refractivity contribution in [3.05, 3.63) is 87.8 Å². The van der Waals surface area contributed by atoms with E-state index in [0.717, 1.165) is 16.9 Å². The van der Waals surface area contributed by atoms with Gasteiger partial charge in [0.05, 0.1) is 24.2 Å². The van der Waals surface area contributed by atoms with Crippen molar-refractivity contribution in [2.45, 2.75) is 19.4 Å². The van der Waals surface area contributed by atoms with Gasteiger partial charge in [-0.05, 0) is 17.7 Å². The molecule has 5 heteroatoms. The highest BCUT2D eigenvalue weighted by molar-refractivity contribution is 5.79. The third kappa shape index (κ3) is 3.01. The number of H-pyrrole nitrogens is 1. The number of nitrogens with zero attached hydrogens (tertiary/aromatic N) is 2. The van der Waals surface area contributed by atoms with Gasteiger partial charge in [-0.15, -0.1) is 0 Å². The maximum Gasteiger partial charge on any atom is 0.276 e. The van der Waals surface area contributed by atoms with Crippen molar-refractivity contribution >= 4 is 5.91 Å². The van der Waals surface area contributed by atoms with Crippen LogP contribution in [0, 0.1) is 0 Å².